The zero-order chi connectivity index (χ0) is 14.5. The maximum Gasteiger partial charge on any atom is 0.0781 e. The Kier molecular flexibility index (Phi) is 4.46. The molecule has 0 radical (unpaired) electrons. The second-order valence-electron chi connectivity index (χ2n) is 4.67. The number of nitrogens with zero attached hydrogens (tertiary/aromatic N) is 1. The van der Waals surface area contributed by atoms with Crippen LogP contribution in [0.1, 0.15) is 11.1 Å². The Morgan fingerprint density at radius 3 is 1.95 bits per heavy atom. The fraction of sp³-hybridized carbons (Fsp3) is 0. The van der Waals surface area contributed by atoms with Crippen LogP contribution >= 0.6 is 22.6 Å². The molecule has 0 atom stereocenters. The molecule has 0 spiro atoms. The van der Waals surface area contributed by atoms with Crippen LogP contribution in [0.15, 0.2) is 89.9 Å². The number of aliphatic imine (C=N–C) groups is 1. The highest BCUT2D eigenvalue weighted by atomic mass is 127. The molecule has 3 aromatic carbocycles. The molecule has 3 aromatic rings. The lowest BCUT2D eigenvalue weighted by molar-refractivity contribution is 1.47. The first-order valence-corrected chi connectivity index (χ1v) is 7.86. The number of hydrogen-bond acceptors (Lipinski definition) is 1. The summed E-state index contributed by atoms with van der Waals surface area (Å²) in [5.74, 6) is 0. The highest BCUT2D eigenvalue weighted by Crippen LogP contribution is 2.19. The van der Waals surface area contributed by atoms with E-state index in [1.54, 1.807) is 0 Å². The molecule has 0 aliphatic heterocycles. The van der Waals surface area contributed by atoms with Crippen LogP contribution in [-0.4, -0.2) is 5.71 Å². The van der Waals surface area contributed by atoms with E-state index >= 15 is 0 Å². The van der Waals surface area contributed by atoms with Crippen LogP contribution in [0.3, 0.4) is 0 Å². The molecule has 0 aliphatic rings. The van der Waals surface area contributed by atoms with Gasteiger partial charge in [0.2, 0.25) is 0 Å². The molecule has 0 saturated heterocycles. The summed E-state index contributed by atoms with van der Waals surface area (Å²) in [5, 5.41) is 0. The molecule has 0 aliphatic carbocycles. The lowest BCUT2D eigenvalue weighted by atomic mass is 10.0. The Labute approximate surface area is 138 Å². The summed E-state index contributed by atoms with van der Waals surface area (Å²) in [5.41, 5.74) is 4.23. The Bertz CT molecular complexity index is 749. The van der Waals surface area contributed by atoms with Gasteiger partial charge in [-0.2, -0.15) is 0 Å². The molecule has 0 bridgehead atoms. The fourth-order valence-electron chi connectivity index (χ4n) is 2.16. The zero-order valence-corrected chi connectivity index (χ0v) is 13.6. The molecule has 3 rings (SSSR count). The van der Waals surface area contributed by atoms with Crippen LogP contribution in [0, 0.1) is 3.57 Å². The van der Waals surface area contributed by atoms with Crippen molar-refractivity contribution in [1.29, 1.82) is 0 Å². The average Bonchev–Trinajstić information content (AvgIpc) is 2.54. The van der Waals surface area contributed by atoms with Gasteiger partial charge in [-0.1, -0.05) is 60.7 Å². The summed E-state index contributed by atoms with van der Waals surface area (Å²) in [6, 6.07) is 28.8. The molecule has 0 heterocycles. The van der Waals surface area contributed by atoms with E-state index in [1.807, 2.05) is 48.5 Å². The lowest BCUT2D eigenvalue weighted by Gasteiger charge is -2.08. The van der Waals surface area contributed by atoms with Gasteiger partial charge in [-0.25, -0.2) is 4.99 Å². The van der Waals surface area contributed by atoms with Crippen molar-refractivity contribution < 1.29 is 0 Å². The minimum Gasteiger partial charge on any atom is -0.248 e. The van der Waals surface area contributed by atoms with Crippen molar-refractivity contribution in [1.82, 2.24) is 0 Å². The monoisotopic (exact) mass is 383 g/mol. The van der Waals surface area contributed by atoms with Gasteiger partial charge < -0.3 is 0 Å². The highest BCUT2D eigenvalue weighted by Gasteiger charge is 2.07. The molecule has 0 N–H and O–H groups in total. The van der Waals surface area contributed by atoms with Crippen molar-refractivity contribution in [3.63, 3.8) is 0 Å². The van der Waals surface area contributed by atoms with Crippen molar-refractivity contribution in [3.8, 4) is 0 Å². The summed E-state index contributed by atoms with van der Waals surface area (Å²) < 4.78 is 1.21. The molecule has 2 heteroatoms. The lowest BCUT2D eigenvalue weighted by Crippen LogP contribution is -2.03. The third-order valence-electron chi connectivity index (χ3n) is 3.14. The molecule has 0 unspecified atom stereocenters. The molecular weight excluding hydrogens is 369 g/mol. The van der Waals surface area contributed by atoms with Crippen LogP contribution in [-0.2, 0) is 0 Å². The highest BCUT2D eigenvalue weighted by molar-refractivity contribution is 14.1. The van der Waals surface area contributed by atoms with Gasteiger partial charge in [-0.05, 0) is 46.9 Å². The van der Waals surface area contributed by atoms with E-state index in [9.17, 15) is 0 Å². The Morgan fingerprint density at radius 1 is 0.667 bits per heavy atom. The van der Waals surface area contributed by atoms with Gasteiger partial charge in [0, 0.05) is 14.7 Å². The normalized spacial score (nSPS) is 11.4. The van der Waals surface area contributed by atoms with Crippen LogP contribution < -0.4 is 0 Å². The molecular formula is C19H14IN. The second kappa shape index (κ2) is 6.68. The van der Waals surface area contributed by atoms with Gasteiger partial charge in [-0.3, -0.25) is 0 Å². The zero-order valence-electron chi connectivity index (χ0n) is 11.4. The first-order chi connectivity index (χ1) is 10.3. The van der Waals surface area contributed by atoms with E-state index in [2.05, 4.69) is 59.0 Å². The van der Waals surface area contributed by atoms with Gasteiger partial charge in [-0.15, -0.1) is 0 Å². The predicted octanol–water partition coefficient (Wildman–Crippen LogP) is 5.46. The van der Waals surface area contributed by atoms with Crippen LogP contribution in [0.5, 0.6) is 0 Å². The molecule has 0 aromatic heterocycles. The molecule has 0 fully saturated rings. The Hall–Kier alpha value is -1.94. The van der Waals surface area contributed by atoms with Gasteiger partial charge in [0.1, 0.15) is 0 Å². The largest absolute Gasteiger partial charge is 0.248 e. The second-order valence-corrected chi connectivity index (χ2v) is 5.92. The van der Waals surface area contributed by atoms with Crippen molar-refractivity contribution in [3.05, 3.63) is 99.6 Å². The van der Waals surface area contributed by atoms with Crippen LogP contribution in [0.2, 0.25) is 0 Å². The van der Waals surface area contributed by atoms with Gasteiger partial charge >= 0.3 is 0 Å². The maximum absolute atomic E-state index is 4.85. The number of halogens is 1. The third-order valence-corrected chi connectivity index (χ3v) is 3.81. The summed E-state index contributed by atoms with van der Waals surface area (Å²) >= 11 is 2.33. The van der Waals surface area contributed by atoms with E-state index < -0.39 is 0 Å². The molecule has 1 nitrogen and oxygen atoms in total. The van der Waals surface area contributed by atoms with E-state index in [-0.39, 0.29) is 0 Å². The van der Waals surface area contributed by atoms with Crippen molar-refractivity contribution in [2.75, 3.05) is 0 Å². The number of para-hydroxylation sites is 1. The quantitative estimate of drug-likeness (QED) is 0.421. The standard InChI is InChI=1S/C19H14IN/c20-17-11-7-10-16(14-17)19(15-8-3-1-4-9-15)21-18-12-5-2-6-13-18/h1-14H. The van der Waals surface area contributed by atoms with E-state index in [0.29, 0.717) is 0 Å². The predicted molar refractivity (Wildman–Crippen MR) is 97.3 cm³/mol. The van der Waals surface area contributed by atoms with E-state index in [1.165, 1.54) is 3.57 Å². The minimum atomic E-state index is 0.968. The average molecular weight is 383 g/mol. The number of rotatable bonds is 3. The minimum absolute atomic E-state index is 0.968. The SMILES string of the molecule is Ic1cccc(C(=Nc2ccccc2)c2ccccc2)c1. The molecule has 21 heavy (non-hydrogen) atoms. The van der Waals surface area contributed by atoms with E-state index in [4.69, 9.17) is 4.99 Å². The maximum atomic E-state index is 4.85. The van der Waals surface area contributed by atoms with Crippen molar-refractivity contribution in [2.45, 2.75) is 0 Å². The number of hydrogen-bond donors (Lipinski definition) is 0. The smallest absolute Gasteiger partial charge is 0.0781 e. The van der Waals surface area contributed by atoms with Crippen LogP contribution in [0.4, 0.5) is 5.69 Å². The van der Waals surface area contributed by atoms with Gasteiger partial charge in [0.25, 0.3) is 0 Å². The Balaban J connectivity index is 2.14. The van der Waals surface area contributed by atoms with Crippen molar-refractivity contribution >= 4 is 34.0 Å². The molecule has 0 amide bonds. The first-order valence-electron chi connectivity index (χ1n) is 6.78. The summed E-state index contributed by atoms with van der Waals surface area (Å²) in [6.45, 7) is 0. The molecule has 0 saturated carbocycles. The van der Waals surface area contributed by atoms with Crippen molar-refractivity contribution in [2.24, 2.45) is 4.99 Å². The third kappa shape index (κ3) is 3.58. The van der Waals surface area contributed by atoms with Gasteiger partial charge in [0.05, 0.1) is 11.4 Å². The fourth-order valence-corrected chi connectivity index (χ4v) is 2.70. The first kappa shape index (κ1) is 14.0. The topological polar surface area (TPSA) is 12.4 Å². The Morgan fingerprint density at radius 2 is 1.29 bits per heavy atom. The number of benzene rings is 3. The van der Waals surface area contributed by atoms with Gasteiger partial charge in [0.15, 0.2) is 0 Å². The van der Waals surface area contributed by atoms with E-state index in [0.717, 1.165) is 22.5 Å². The van der Waals surface area contributed by atoms with Crippen LogP contribution in [0.25, 0.3) is 0 Å². The summed E-state index contributed by atoms with van der Waals surface area (Å²) in [6.07, 6.45) is 0. The summed E-state index contributed by atoms with van der Waals surface area (Å²) in [4.78, 5) is 4.85. The molecule has 102 valence electrons. The summed E-state index contributed by atoms with van der Waals surface area (Å²) in [7, 11) is 0.